The first-order valence-corrected chi connectivity index (χ1v) is 12.1. The number of rotatable bonds is 3. The highest BCUT2D eigenvalue weighted by molar-refractivity contribution is 5.71. The molecule has 1 aliphatic rings. The number of carbonyl (C=O) groups is 2. The lowest BCUT2D eigenvalue weighted by atomic mass is 9.79. The fourth-order valence-corrected chi connectivity index (χ4v) is 4.31. The van der Waals surface area contributed by atoms with Crippen molar-refractivity contribution in [3.8, 4) is 0 Å². The van der Waals surface area contributed by atoms with E-state index in [1.54, 1.807) is 9.80 Å². The van der Waals surface area contributed by atoms with Crippen molar-refractivity contribution in [2.75, 3.05) is 19.6 Å². The number of nitrogens with zero attached hydrogens (tertiary/aromatic N) is 2. The third kappa shape index (κ3) is 6.54. The van der Waals surface area contributed by atoms with Gasteiger partial charge < -0.3 is 19.5 Å². The van der Waals surface area contributed by atoms with Crippen LogP contribution in [0.4, 0.5) is 9.59 Å². The highest BCUT2D eigenvalue weighted by Crippen LogP contribution is 2.38. The number of amides is 2. The molecule has 7 nitrogen and oxygen atoms in total. The summed E-state index contributed by atoms with van der Waals surface area (Å²) < 4.78 is 11.4. The van der Waals surface area contributed by atoms with Crippen LogP contribution in [0.1, 0.15) is 59.1 Å². The molecule has 1 atom stereocenters. The topological polar surface area (TPSA) is 79.3 Å². The third-order valence-electron chi connectivity index (χ3n) is 5.79. The maximum absolute atomic E-state index is 13.4. The molecule has 0 spiro atoms. The molecule has 2 amide bonds. The molecule has 1 aliphatic heterocycles. The summed E-state index contributed by atoms with van der Waals surface area (Å²) in [5.41, 5.74) is -1.74. The molecule has 1 N–H and O–H groups in total. The zero-order chi connectivity index (χ0) is 25.9. The first-order chi connectivity index (χ1) is 16.3. The standard InChI is InChI=1S/C28H38N2O5/c1-26(2,3)34-24(31)29-18-13-19-30(25(32)35-27(4,5)6)23(20-29)28(33,21-14-9-7-10-15-21)22-16-11-8-12-17-22/h7-12,14-17,23,33H,13,18-20H2,1-6H3. The second-order valence-electron chi connectivity index (χ2n) is 11.0. The van der Waals surface area contributed by atoms with Crippen molar-refractivity contribution in [1.82, 2.24) is 9.80 Å². The van der Waals surface area contributed by atoms with Gasteiger partial charge in [-0.25, -0.2) is 9.59 Å². The van der Waals surface area contributed by atoms with Gasteiger partial charge in [-0.1, -0.05) is 60.7 Å². The fourth-order valence-electron chi connectivity index (χ4n) is 4.31. The largest absolute Gasteiger partial charge is 0.444 e. The number of hydrogen-bond donors (Lipinski definition) is 1. The van der Waals surface area contributed by atoms with E-state index in [0.29, 0.717) is 30.6 Å². The number of hydrogen-bond acceptors (Lipinski definition) is 5. The number of benzene rings is 2. The predicted octanol–water partition coefficient (Wildman–Crippen LogP) is 5.17. The van der Waals surface area contributed by atoms with Gasteiger partial charge in [0.25, 0.3) is 0 Å². The number of ether oxygens (including phenoxy) is 2. The van der Waals surface area contributed by atoms with Crippen LogP contribution in [-0.2, 0) is 15.1 Å². The zero-order valence-electron chi connectivity index (χ0n) is 21.7. The van der Waals surface area contributed by atoms with Gasteiger partial charge in [0, 0.05) is 19.6 Å². The molecule has 1 heterocycles. The van der Waals surface area contributed by atoms with E-state index in [2.05, 4.69) is 0 Å². The molecule has 1 unspecified atom stereocenters. The smallest absolute Gasteiger partial charge is 0.410 e. The number of carbonyl (C=O) groups excluding carboxylic acids is 2. The normalized spacial score (nSPS) is 17.5. The summed E-state index contributed by atoms with van der Waals surface area (Å²) in [5.74, 6) is 0. The maximum atomic E-state index is 13.4. The van der Waals surface area contributed by atoms with Gasteiger partial charge in [-0.15, -0.1) is 0 Å². The lowest BCUT2D eigenvalue weighted by molar-refractivity contribution is -0.0433. The highest BCUT2D eigenvalue weighted by atomic mass is 16.6. The Labute approximate surface area is 208 Å². The van der Waals surface area contributed by atoms with Crippen molar-refractivity contribution in [2.24, 2.45) is 0 Å². The van der Waals surface area contributed by atoms with Crippen molar-refractivity contribution < 1.29 is 24.2 Å². The molecule has 0 aromatic heterocycles. The Morgan fingerprint density at radius 1 is 0.771 bits per heavy atom. The molecule has 35 heavy (non-hydrogen) atoms. The van der Waals surface area contributed by atoms with Gasteiger partial charge in [-0.05, 0) is 59.1 Å². The quantitative estimate of drug-likeness (QED) is 0.653. The molecule has 2 aromatic rings. The maximum Gasteiger partial charge on any atom is 0.410 e. The summed E-state index contributed by atoms with van der Waals surface area (Å²) in [6.45, 7) is 11.7. The molecule has 7 heteroatoms. The SMILES string of the molecule is CC(C)(C)OC(=O)N1CCCN(C(=O)OC(C)(C)C)C(C(O)(c2ccccc2)c2ccccc2)C1. The van der Waals surface area contributed by atoms with E-state index in [-0.39, 0.29) is 6.54 Å². The zero-order valence-corrected chi connectivity index (χ0v) is 21.7. The van der Waals surface area contributed by atoms with Gasteiger partial charge in [0.15, 0.2) is 0 Å². The second kappa shape index (κ2) is 10.3. The van der Waals surface area contributed by atoms with Gasteiger partial charge in [-0.3, -0.25) is 4.90 Å². The molecule has 0 bridgehead atoms. The van der Waals surface area contributed by atoms with Crippen LogP contribution in [0.3, 0.4) is 0 Å². The van der Waals surface area contributed by atoms with Crippen LogP contribution < -0.4 is 0 Å². The van der Waals surface area contributed by atoms with Gasteiger partial charge in [0.05, 0.1) is 6.04 Å². The van der Waals surface area contributed by atoms with Crippen LogP contribution in [0.5, 0.6) is 0 Å². The molecule has 1 fully saturated rings. The average Bonchev–Trinajstić information content (AvgIpc) is 3.01. The second-order valence-corrected chi connectivity index (χ2v) is 11.0. The lowest BCUT2D eigenvalue weighted by Gasteiger charge is -2.44. The highest BCUT2D eigenvalue weighted by Gasteiger charge is 2.48. The summed E-state index contributed by atoms with van der Waals surface area (Å²) in [6.07, 6.45) is -0.481. The molecule has 3 rings (SSSR count). The molecule has 1 saturated heterocycles. The van der Waals surface area contributed by atoms with E-state index in [9.17, 15) is 14.7 Å². The van der Waals surface area contributed by atoms with Crippen LogP contribution in [0, 0.1) is 0 Å². The van der Waals surface area contributed by atoms with Gasteiger partial charge in [-0.2, -0.15) is 0 Å². The minimum absolute atomic E-state index is 0.0778. The molecule has 0 saturated carbocycles. The van der Waals surface area contributed by atoms with Crippen LogP contribution in [0.25, 0.3) is 0 Å². The lowest BCUT2D eigenvalue weighted by Crippen LogP contribution is -2.58. The van der Waals surface area contributed by atoms with Crippen LogP contribution in [-0.4, -0.2) is 64.0 Å². The van der Waals surface area contributed by atoms with Crippen molar-refractivity contribution >= 4 is 12.2 Å². The molecule has 0 radical (unpaired) electrons. The van der Waals surface area contributed by atoms with Crippen LogP contribution >= 0.6 is 0 Å². The first kappa shape index (κ1) is 26.5. The summed E-state index contributed by atoms with van der Waals surface area (Å²) in [6, 6.07) is 17.7. The average molecular weight is 483 g/mol. The van der Waals surface area contributed by atoms with Gasteiger partial charge >= 0.3 is 12.2 Å². The molecule has 0 aliphatic carbocycles. The molecule has 190 valence electrons. The monoisotopic (exact) mass is 482 g/mol. The summed E-state index contributed by atoms with van der Waals surface area (Å²) in [5, 5.41) is 12.5. The van der Waals surface area contributed by atoms with E-state index in [4.69, 9.17) is 9.47 Å². The minimum atomic E-state index is -1.61. The van der Waals surface area contributed by atoms with E-state index >= 15 is 0 Å². The predicted molar refractivity (Wildman–Crippen MR) is 135 cm³/mol. The van der Waals surface area contributed by atoms with E-state index < -0.39 is 35.0 Å². The van der Waals surface area contributed by atoms with Crippen molar-refractivity contribution in [1.29, 1.82) is 0 Å². The van der Waals surface area contributed by atoms with Crippen molar-refractivity contribution in [3.63, 3.8) is 0 Å². The Hall–Kier alpha value is -3.06. The van der Waals surface area contributed by atoms with E-state index in [0.717, 1.165) is 0 Å². The summed E-state index contributed by atoms with van der Waals surface area (Å²) in [4.78, 5) is 29.7. The Bertz CT molecular complexity index is 956. The Balaban J connectivity index is 2.14. The Kier molecular flexibility index (Phi) is 7.80. The molecule has 2 aromatic carbocycles. The fraction of sp³-hybridized carbons (Fsp3) is 0.500. The van der Waals surface area contributed by atoms with Crippen molar-refractivity contribution in [3.05, 3.63) is 71.8 Å². The van der Waals surface area contributed by atoms with Crippen molar-refractivity contribution in [2.45, 2.75) is 70.8 Å². The van der Waals surface area contributed by atoms with Crippen LogP contribution in [0.15, 0.2) is 60.7 Å². The van der Waals surface area contributed by atoms with Crippen LogP contribution in [0.2, 0.25) is 0 Å². The summed E-state index contributed by atoms with van der Waals surface area (Å²) >= 11 is 0. The van der Waals surface area contributed by atoms with E-state index in [1.807, 2.05) is 102 Å². The van der Waals surface area contributed by atoms with Gasteiger partial charge in [0.1, 0.15) is 16.8 Å². The third-order valence-corrected chi connectivity index (χ3v) is 5.79. The number of aliphatic hydroxyl groups is 1. The van der Waals surface area contributed by atoms with E-state index in [1.165, 1.54) is 0 Å². The Morgan fingerprint density at radius 2 is 1.23 bits per heavy atom. The summed E-state index contributed by atoms with van der Waals surface area (Å²) in [7, 11) is 0. The Morgan fingerprint density at radius 3 is 1.69 bits per heavy atom. The minimum Gasteiger partial charge on any atom is -0.444 e. The van der Waals surface area contributed by atoms with Gasteiger partial charge in [0.2, 0.25) is 0 Å². The molecular formula is C28H38N2O5. The first-order valence-electron chi connectivity index (χ1n) is 12.1. The molecular weight excluding hydrogens is 444 g/mol.